The number of hydrogen-bond donors (Lipinski definition) is 1. The van der Waals surface area contributed by atoms with E-state index in [9.17, 15) is 0 Å². The number of rotatable bonds is 3. The summed E-state index contributed by atoms with van der Waals surface area (Å²) in [5.74, 6) is 0. The standard InChI is InChI=1S/C14H14BrClN2/c1-9-5-11(8-18-7-9)14(17-2)10-3-4-12(15)13(16)6-10/h3-8,14,17H,1-2H3. The third-order valence-corrected chi connectivity index (χ3v) is 4.03. The van der Waals surface area contributed by atoms with Crippen LogP contribution in [-0.4, -0.2) is 12.0 Å². The van der Waals surface area contributed by atoms with Gasteiger partial charge in [-0.05, 0) is 58.7 Å². The van der Waals surface area contributed by atoms with Gasteiger partial charge in [0.05, 0.1) is 11.1 Å². The minimum atomic E-state index is 0.1000. The van der Waals surface area contributed by atoms with Gasteiger partial charge in [0.2, 0.25) is 0 Å². The zero-order valence-corrected chi connectivity index (χ0v) is 12.6. The third kappa shape index (κ3) is 2.91. The maximum Gasteiger partial charge on any atom is 0.0590 e. The van der Waals surface area contributed by atoms with Gasteiger partial charge in [0.25, 0.3) is 0 Å². The zero-order chi connectivity index (χ0) is 13.1. The molecule has 2 nitrogen and oxygen atoms in total. The second kappa shape index (κ2) is 5.83. The van der Waals surface area contributed by atoms with Crippen molar-refractivity contribution in [1.82, 2.24) is 10.3 Å². The van der Waals surface area contributed by atoms with Gasteiger partial charge in [-0.1, -0.05) is 23.7 Å². The fourth-order valence-corrected chi connectivity index (χ4v) is 2.39. The molecule has 1 unspecified atom stereocenters. The highest BCUT2D eigenvalue weighted by Gasteiger charge is 2.13. The smallest absolute Gasteiger partial charge is 0.0590 e. The summed E-state index contributed by atoms with van der Waals surface area (Å²) in [5, 5.41) is 4.01. The molecule has 2 rings (SSSR count). The highest BCUT2D eigenvalue weighted by atomic mass is 79.9. The highest BCUT2D eigenvalue weighted by Crippen LogP contribution is 2.28. The van der Waals surface area contributed by atoms with Crippen LogP contribution in [0, 0.1) is 6.92 Å². The van der Waals surface area contributed by atoms with Crippen molar-refractivity contribution in [2.24, 2.45) is 0 Å². The molecule has 1 heterocycles. The molecule has 0 amide bonds. The molecule has 0 radical (unpaired) electrons. The van der Waals surface area contributed by atoms with E-state index >= 15 is 0 Å². The average Bonchev–Trinajstić information content (AvgIpc) is 2.35. The van der Waals surface area contributed by atoms with Crippen molar-refractivity contribution < 1.29 is 0 Å². The third-order valence-electron chi connectivity index (χ3n) is 2.80. The van der Waals surface area contributed by atoms with Gasteiger partial charge < -0.3 is 5.32 Å². The van der Waals surface area contributed by atoms with E-state index in [1.54, 1.807) is 0 Å². The molecule has 1 N–H and O–H groups in total. The monoisotopic (exact) mass is 324 g/mol. The van der Waals surface area contributed by atoms with Crippen LogP contribution in [0.2, 0.25) is 5.02 Å². The Morgan fingerprint density at radius 3 is 2.61 bits per heavy atom. The normalized spacial score (nSPS) is 12.4. The van der Waals surface area contributed by atoms with Crippen molar-refractivity contribution in [1.29, 1.82) is 0 Å². The summed E-state index contributed by atoms with van der Waals surface area (Å²) in [6, 6.07) is 8.22. The largest absolute Gasteiger partial charge is 0.309 e. The minimum absolute atomic E-state index is 0.1000. The molecule has 0 aliphatic heterocycles. The van der Waals surface area contributed by atoms with Gasteiger partial charge in [0.15, 0.2) is 0 Å². The molecular formula is C14H14BrClN2. The Labute approximate surface area is 121 Å². The molecule has 0 saturated carbocycles. The SMILES string of the molecule is CNC(c1cncc(C)c1)c1ccc(Br)c(Cl)c1. The summed E-state index contributed by atoms with van der Waals surface area (Å²) in [5.41, 5.74) is 3.41. The van der Waals surface area contributed by atoms with Gasteiger partial charge >= 0.3 is 0 Å². The number of halogens is 2. The summed E-state index contributed by atoms with van der Waals surface area (Å²) >= 11 is 9.55. The lowest BCUT2D eigenvalue weighted by molar-refractivity contribution is 0.688. The predicted octanol–water partition coefficient (Wildman–Crippen LogP) is 4.11. The molecule has 0 spiro atoms. The topological polar surface area (TPSA) is 24.9 Å². The first kappa shape index (κ1) is 13.5. The summed E-state index contributed by atoms with van der Waals surface area (Å²) < 4.78 is 0.908. The van der Waals surface area contributed by atoms with Gasteiger partial charge in [-0.15, -0.1) is 0 Å². The summed E-state index contributed by atoms with van der Waals surface area (Å²) in [6.45, 7) is 2.04. The van der Waals surface area contributed by atoms with E-state index in [1.165, 1.54) is 0 Å². The Kier molecular flexibility index (Phi) is 4.38. The first-order valence-corrected chi connectivity index (χ1v) is 6.82. The second-order valence-electron chi connectivity index (χ2n) is 4.19. The van der Waals surface area contributed by atoms with Crippen molar-refractivity contribution in [3.05, 3.63) is 62.8 Å². The molecule has 1 aromatic heterocycles. The molecule has 1 aromatic carbocycles. The minimum Gasteiger partial charge on any atom is -0.309 e. The zero-order valence-electron chi connectivity index (χ0n) is 10.2. The van der Waals surface area contributed by atoms with Gasteiger partial charge in [-0.25, -0.2) is 0 Å². The van der Waals surface area contributed by atoms with E-state index in [4.69, 9.17) is 11.6 Å². The van der Waals surface area contributed by atoms with E-state index < -0.39 is 0 Å². The maximum atomic E-state index is 6.14. The fraction of sp³-hybridized carbons (Fsp3) is 0.214. The molecular weight excluding hydrogens is 312 g/mol. The lowest BCUT2D eigenvalue weighted by Gasteiger charge is -2.17. The lowest BCUT2D eigenvalue weighted by atomic mass is 9.99. The predicted molar refractivity (Wildman–Crippen MR) is 79.0 cm³/mol. The van der Waals surface area contributed by atoms with E-state index in [-0.39, 0.29) is 6.04 Å². The van der Waals surface area contributed by atoms with E-state index in [0.717, 1.165) is 21.2 Å². The van der Waals surface area contributed by atoms with Crippen LogP contribution in [0.25, 0.3) is 0 Å². The Morgan fingerprint density at radius 2 is 2.00 bits per heavy atom. The van der Waals surface area contributed by atoms with E-state index in [2.05, 4.69) is 38.4 Å². The molecule has 0 bridgehead atoms. The first-order chi connectivity index (χ1) is 8.61. The number of nitrogens with one attached hydrogen (secondary N) is 1. The van der Waals surface area contributed by atoms with Crippen LogP contribution in [0.15, 0.2) is 41.1 Å². The molecule has 94 valence electrons. The Morgan fingerprint density at radius 1 is 1.22 bits per heavy atom. The van der Waals surface area contributed by atoms with Gasteiger partial charge in [-0.2, -0.15) is 0 Å². The molecule has 0 aliphatic rings. The number of benzene rings is 1. The van der Waals surface area contributed by atoms with Crippen LogP contribution < -0.4 is 5.32 Å². The van der Waals surface area contributed by atoms with Gasteiger partial charge in [0, 0.05) is 16.9 Å². The Balaban J connectivity index is 2.42. The van der Waals surface area contributed by atoms with E-state index in [0.29, 0.717) is 5.02 Å². The maximum absolute atomic E-state index is 6.14. The highest BCUT2D eigenvalue weighted by molar-refractivity contribution is 9.10. The Bertz CT molecular complexity index is 557. The van der Waals surface area contributed by atoms with Crippen molar-refractivity contribution in [2.75, 3.05) is 7.05 Å². The van der Waals surface area contributed by atoms with Crippen LogP contribution >= 0.6 is 27.5 Å². The number of pyridine rings is 1. The molecule has 0 aliphatic carbocycles. The van der Waals surface area contributed by atoms with Gasteiger partial charge in [-0.3, -0.25) is 4.98 Å². The molecule has 2 aromatic rings. The van der Waals surface area contributed by atoms with Crippen molar-refractivity contribution >= 4 is 27.5 Å². The summed E-state index contributed by atoms with van der Waals surface area (Å²) in [4.78, 5) is 4.24. The van der Waals surface area contributed by atoms with Crippen LogP contribution in [0.3, 0.4) is 0 Å². The molecule has 4 heteroatoms. The van der Waals surface area contributed by atoms with Gasteiger partial charge in [0.1, 0.15) is 0 Å². The molecule has 0 fully saturated rings. The van der Waals surface area contributed by atoms with Crippen LogP contribution in [-0.2, 0) is 0 Å². The van der Waals surface area contributed by atoms with E-state index in [1.807, 2.05) is 38.5 Å². The number of aromatic nitrogens is 1. The van der Waals surface area contributed by atoms with Crippen LogP contribution in [0.4, 0.5) is 0 Å². The lowest BCUT2D eigenvalue weighted by Crippen LogP contribution is -2.18. The quantitative estimate of drug-likeness (QED) is 0.918. The number of hydrogen-bond acceptors (Lipinski definition) is 2. The van der Waals surface area contributed by atoms with Crippen molar-refractivity contribution in [3.8, 4) is 0 Å². The first-order valence-electron chi connectivity index (χ1n) is 5.65. The van der Waals surface area contributed by atoms with Crippen LogP contribution in [0.1, 0.15) is 22.7 Å². The van der Waals surface area contributed by atoms with Crippen molar-refractivity contribution in [3.63, 3.8) is 0 Å². The fourth-order valence-electron chi connectivity index (χ4n) is 1.95. The number of nitrogens with zero attached hydrogens (tertiary/aromatic N) is 1. The Hall–Kier alpha value is -0.900. The van der Waals surface area contributed by atoms with Crippen molar-refractivity contribution in [2.45, 2.75) is 13.0 Å². The van der Waals surface area contributed by atoms with Crippen LogP contribution in [0.5, 0.6) is 0 Å². The second-order valence-corrected chi connectivity index (χ2v) is 5.45. The molecule has 18 heavy (non-hydrogen) atoms. The molecule has 1 atom stereocenters. The summed E-state index contributed by atoms with van der Waals surface area (Å²) in [7, 11) is 1.93. The average molecular weight is 326 g/mol. The number of aryl methyl sites for hydroxylation is 1. The molecule has 0 saturated heterocycles. The summed E-state index contributed by atoms with van der Waals surface area (Å²) in [6.07, 6.45) is 3.73.